The zero-order valence-corrected chi connectivity index (χ0v) is 19.9. The van der Waals surface area contributed by atoms with Gasteiger partial charge in [-0.05, 0) is 30.7 Å². The summed E-state index contributed by atoms with van der Waals surface area (Å²) in [6.07, 6.45) is 3.63. The lowest BCUT2D eigenvalue weighted by Gasteiger charge is -2.22. The van der Waals surface area contributed by atoms with Crippen LogP contribution in [0.5, 0.6) is 23.0 Å². The number of benzene rings is 1. The van der Waals surface area contributed by atoms with Gasteiger partial charge in [0.05, 0.1) is 46.8 Å². The Kier molecular flexibility index (Phi) is 7.83. The van der Waals surface area contributed by atoms with Crippen LogP contribution in [0.25, 0.3) is 0 Å². The Morgan fingerprint density at radius 3 is 2.32 bits per heavy atom. The van der Waals surface area contributed by atoms with E-state index in [1.807, 2.05) is 0 Å². The highest BCUT2D eigenvalue weighted by Gasteiger charge is 2.29. The number of pyridine rings is 1. The van der Waals surface area contributed by atoms with E-state index in [1.54, 1.807) is 36.1 Å². The number of ether oxygens (including phenoxy) is 4. The van der Waals surface area contributed by atoms with E-state index in [9.17, 15) is 14.7 Å². The normalized spacial score (nSPS) is 11.7. The minimum atomic E-state index is -0.826. The van der Waals surface area contributed by atoms with Gasteiger partial charge in [0.1, 0.15) is 5.75 Å². The third kappa shape index (κ3) is 5.00. The number of nitrogens with zero attached hydrogens (tertiary/aromatic N) is 2. The summed E-state index contributed by atoms with van der Waals surface area (Å²) < 4.78 is 22.7. The molecule has 34 heavy (non-hydrogen) atoms. The molecule has 1 atom stereocenters. The van der Waals surface area contributed by atoms with Gasteiger partial charge in [-0.2, -0.15) is 0 Å². The van der Waals surface area contributed by atoms with E-state index >= 15 is 0 Å². The standard InChI is InChI=1S/C24H29N3O7/c1-14-8-18(28)22(24(30)27(14)7-6-16-12-25-13-26-16)17(11-21(29)33-4)15-9-19(31-2)23(34-5)20(10-15)32-3/h8-10,12-13,17,28H,6-7,11H2,1-5H3,(H,25,26)/t17-/m1/s1. The molecule has 0 spiro atoms. The molecule has 10 heteroatoms. The van der Waals surface area contributed by atoms with Crippen molar-refractivity contribution in [3.05, 3.63) is 63.6 Å². The van der Waals surface area contributed by atoms with E-state index in [1.165, 1.54) is 34.5 Å². The highest BCUT2D eigenvalue weighted by Crippen LogP contribution is 2.43. The van der Waals surface area contributed by atoms with Crippen molar-refractivity contribution in [2.24, 2.45) is 0 Å². The molecule has 0 fully saturated rings. The Morgan fingerprint density at radius 2 is 1.79 bits per heavy atom. The van der Waals surface area contributed by atoms with Crippen LogP contribution in [0.1, 0.15) is 34.9 Å². The average Bonchev–Trinajstić information content (AvgIpc) is 3.35. The monoisotopic (exact) mass is 471 g/mol. The minimum Gasteiger partial charge on any atom is -0.507 e. The number of imidazole rings is 1. The first-order chi connectivity index (χ1) is 16.3. The zero-order valence-electron chi connectivity index (χ0n) is 19.9. The SMILES string of the molecule is COC(=O)C[C@H](c1cc(OC)c(OC)c(OC)c1)c1c(O)cc(C)n(CCc2cnc[nH]2)c1=O. The molecule has 0 unspecified atom stereocenters. The lowest BCUT2D eigenvalue weighted by atomic mass is 9.87. The van der Waals surface area contributed by atoms with Crippen molar-refractivity contribution in [2.45, 2.75) is 32.2 Å². The smallest absolute Gasteiger partial charge is 0.306 e. The van der Waals surface area contributed by atoms with Crippen molar-refractivity contribution in [3.63, 3.8) is 0 Å². The molecule has 0 amide bonds. The summed E-state index contributed by atoms with van der Waals surface area (Å²) in [5.41, 5.74) is 1.66. The summed E-state index contributed by atoms with van der Waals surface area (Å²) in [5, 5.41) is 10.9. The third-order valence-corrected chi connectivity index (χ3v) is 5.72. The number of H-pyrrole nitrogens is 1. The van der Waals surface area contributed by atoms with Gasteiger partial charge in [-0.15, -0.1) is 0 Å². The van der Waals surface area contributed by atoms with Gasteiger partial charge in [0.15, 0.2) is 11.5 Å². The van der Waals surface area contributed by atoms with Crippen LogP contribution in [-0.2, 0) is 22.5 Å². The van der Waals surface area contributed by atoms with Crippen LogP contribution in [0, 0.1) is 6.92 Å². The van der Waals surface area contributed by atoms with Crippen molar-refractivity contribution in [3.8, 4) is 23.0 Å². The number of aromatic nitrogens is 3. The molecule has 0 bridgehead atoms. The molecule has 0 radical (unpaired) electrons. The molecule has 3 rings (SSSR count). The molecule has 2 heterocycles. The number of nitrogens with one attached hydrogen (secondary N) is 1. The Bertz CT molecular complexity index is 1180. The van der Waals surface area contributed by atoms with E-state index in [2.05, 4.69) is 9.97 Å². The minimum absolute atomic E-state index is 0.0786. The number of hydrogen-bond donors (Lipinski definition) is 2. The van der Waals surface area contributed by atoms with Gasteiger partial charge >= 0.3 is 5.97 Å². The quantitative estimate of drug-likeness (QED) is 0.432. The molecule has 0 saturated carbocycles. The van der Waals surface area contributed by atoms with Gasteiger partial charge < -0.3 is 33.6 Å². The molecule has 0 aliphatic heterocycles. The topological polar surface area (TPSA) is 125 Å². The lowest BCUT2D eigenvalue weighted by molar-refractivity contribution is -0.140. The van der Waals surface area contributed by atoms with Crippen LogP contribution >= 0.6 is 0 Å². The second kappa shape index (κ2) is 10.8. The number of hydrogen-bond acceptors (Lipinski definition) is 8. The summed E-state index contributed by atoms with van der Waals surface area (Å²) >= 11 is 0. The van der Waals surface area contributed by atoms with E-state index in [4.69, 9.17) is 18.9 Å². The number of aromatic amines is 1. The number of aromatic hydroxyl groups is 1. The fourth-order valence-corrected chi connectivity index (χ4v) is 3.97. The number of carbonyl (C=O) groups is 1. The Hall–Kier alpha value is -3.95. The maximum Gasteiger partial charge on any atom is 0.306 e. The van der Waals surface area contributed by atoms with Gasteiger partial charge in [0.25, 0.3) is 5.56 Å². The van der Waals surface area contributed by atoms with Crippen LogP contribution in [0.3, 0.4) is 0 Å². The van der Waals surface area contributed by atoms with Crippen LogP contribution in [-0.4, -0.2) is 54.1 Å². The van der Waals surface area contributed by atoms with Crippen molar-refractivity contribution in [1.82, 2.24) is 14.5 Å². The first-order valence-electron chi connectivity index (χ1n) is 10.6. The Labute approximate surface area is 197 Å². The highest BCUT2D eigenvalue weighted by atomic mass is 16.5. The van der Waals surface area contributed by atoms with Crippen molar-refractivity contribution < 1.29 is 28.8 Å². The largest absolute Gasteiger partial charge is 0.507 e. The molecule has 182 valence electrons. The average molecular weight is 472 g/mol. The molecule has 3 aromatic rings. The maximum atomic E-state index is 13.6. The summed E-state index contributed by atoms with van der Waals surface area (Å²) in [5.74, 6) is -0.482. The maximum absolute atomic E-state index is 13.6. The molecule has 2 N–H and O–H groups in total. The van der Waals surface area contributed by atoms with Crippen LogP contribution in [0.2, 0.25) is 0 Å². The molecule has 0 aliphatic rings. The first-order valence-corrected chi connectivity index (χ1v) is 10.6. The number of rotatable bonds is 10. The Balaban J connectivity index is 2.17. The summed E-state index contributed by atoms with van der Waals surface area (Å²) in [4.78, 5) is 33.0. The zero-order chi connectivity index (χ0) is 24.8. The van der Waals surface area contributed by atoms with E-state index < -0.39 is 17.4 Å². The number of methoxy groups -OCH3 is 4. The fraction of sp³-hybridized carbons (Fsp3) is 0.375. The van der Waals surface area contributed by atoms with E-state index in [0.29, 0.717) is 41.5 Å². The number of aryl methyl sites for hydroxylation is 2. The van der Waals surface area contributed by atoms with Gasteiger partial charge in [0, 0.05) is 36.5 Å². The van der Waals surface area contributed by atoms with Gasteiger partial charge in [-0.1, -0.05) is 0 Å². The molecule has 10 nitrogen and oxygen atoms in total. The second-order valence-corrected chi connectivity index (χ2v) is 7.66. The summed E-state index contributed by atoms with van der Waals surface area (Å²) in [6.45, 7) is 2.10. The molecule has 2 aromatic heterocycles. The van der Waals surface area contributed by atoms with Crippen LogP contribution in [0.15, 0.2) is 35.5 Å². The highest BCUT2D eigenvalue weighted by molar-refractivity contribution is 5.72. The molecular formula is C24H29N3O7. The Morgan fingerprint density at radius 1 is 1.12 bits per heavy atom. The fourth-order valence-electron chi connectivity index (χ4n) is 3.97. The van der Waals surface area contributed by atoms with Crippen LogP contribution < -0.4 is 19.8 Å². The number of esters is 1. The van der Waals surface area contributed by atoms with E-state index in [-0.39, 0.29) is 17.7 Å². The van der Waals surface area contributed by atoms with E-state index in [0.717, 1.165) is 5.69 Å². The number of carbonyl (C=O) groups excluding carboxylic acids is 1. The predicted octanol–water partition coefficient (Wildman–Crippen LogP) is 2.55. The molecule has 0 saturated heterocycles. The van der Waals surface area contributed by atoms with Gasteiger partial charge in [-0.25, -0.2) is 4.98 Å². The summed E-state index contributed by atoms with van der Waals surface area (Å²) in [6, 6.07) is 4.83. The van der Waals surface area contributed by atoms with Crippen LogP contribution in [0.4, 0.5) is 0 Å². The van der Waals surface area contributed by atoms with Crippen molar-refractivity contribution >= 4 is 5.97 Å². The third-order valence-electron chi connectivity index (χ3n) is 5.72. The van der Waals surface area contributed by atoms with Crippen molar-refractivity contribution in [2.75, 3.05) is 28.4 Å². The van der Waals surface area contributed by atoms with Gasteiger partial charge in [0.2, 0.25) is 5.75 Å². The lowest BCUT2D eigenvalue weighted by Crippen LogP contribution is -2.29. The molecular weight excluding hydrogens is 442 g/mol. The van der Waals surface area contributed by atoms with Crippen molar-refractivity contribution in [1.29, 1.82) is 0 Å². The first kappa shape index (κ1) is 24.7. The second-order valence-electron chi connectivity index (χ2n) is 7.66. The van der Waals surface area contributed by atoms with Gasteiger partial charge in [-0.3, -0.25) is 9.59 Å². The molecule has 1 aromatic carbocycles. The molecule has 0 aliphatic carbocycles. The predicted molar refractivity (Wildman–Crippen MR) is 124 cm³/mol. The summed E-state index contributed by atoms with van der Waals surface area (Å²) in [7, 11) is 5.70.